The van der Waals surface area contributed by atoms with Gasteiger partial charge in [0.15, 0.2) is 5.82 Å². The summed E-state index contributed by atoms with van der Waals surface area (Å²) >= 11 is 0. The number of hydrogen-bond donors (Lipinski definition) is 3. The number of H-pyrrole nitrogens is 1. The molecule has 1 aromatic heterocycles. The number of hydrogen-bond acceptors (Lipinski definition) is 5. The van der Waals surface area contributed by atoms with E-state index in [1.165, 1.54) is 6.07 Å². The van der Waals surface area contributed by atoms with Crippen molar-refractivity contribution in [1.82, 2.24) is 15.5 Å². The van der Waals surface area contributed by atoms with E-state index < -0.39 is 11.7 Å². The Kier molecular flexibility index (Phi) is 6.44. The third-order valence-electron chi connectivity index (χ3n) is 7.58. The molecule has 0 bridgehead atoms. The van der Waals surface area contributed by atoms with Crippen molar-refractivity contribution in [2.75, 3.05) is 16.8 Å². The molecule has 3 amide bonds. The van der Waals surface area contributed by atoms with Gasteiger partial charge in [-0.2, -0.15) is 5.10 Å². The van der Waals surface area contributed by atoms with E-state index in [2.05, 4.69) is 20.8 Å². The third kappa shape index (κ3) is 5.22. The minimum absolute atomic E-state index is 0.0155. The van der Waals surface area contributed by atoms with Crippen LogP contribution in [-0.4, -0.2) is 46.3 Å². The predicted octanol–water partition coefficient (Wildman–Crippen LogP) is 4.33. The zero-order chi connectivity index (χ0) is 25.4. The Morgan fingerprint density at radius 1 is 1.28 bits per heavy atom. The van der Waals surface area contributed by atoms with Gasteiger partial charge < -0.3 is 20.3 Å². The number of rotatable bonds is 7. The second kappa shape index (κ2) is 9.55. The summed E-state index contributed by atoms with van der Waals surface area (Å²) in [6.07, 6.45) is 4.98. The standard InChI is InChI=1S/C26H32FN5O4/c1-15(19-8-6-17(13-20(19)27)32-11-3-4-23(32)33)24(34)28-22-14-21(30-31-22)16-5-7-18(12-16)36-25(35)29-26(2)9-10-26/h6,8,13-16,18H,3-5,7,9-12H2,1-2H3,(H,29,35)(H2,28,30,31,34). The molecule has 5 rings (SSSR count). The molecule has 9 nitrogen and oxygen atoms in total. The lowest BCUT2D eigenvalue weighted by Gasteiger charge is -2.18. The fourth-order valence-corrected chi connectivity index (χ4v) is 5.01. The van der Waals surface area contributed by atoms with Crippen LogP contribution in [0.5, 0.6) is 0 Å². The second-order valence-electron chi connectivity index (χ2n) is 10.5. The van der Waals surface area contributed by atoms with Crippen LogP contribution in [0, 0.1) is 5.82 Å². The van der Waals surface area contributed by atoms with Gasteiger partial charge in [0, 0.05) is 47.4 Å². The van der Waals surface area contributed by atoms with Gasteiger partial charge >= 0.3 is 6.09 Å². The summed E-state index contributed by atoms with van der Waals surface area (Å²) in [6, 6.07) is 6.34. The van der Waals surface area contributed by atoms with Gasteiger partial charge in [0.1, 0.15) is 11.9 Å². The van der Waals surface area contributed by atoms with Crippen molar-refractivity contribution in [3.8, 4) is 0 Å². The predicted molar refractivity (Wildman–Crippen MR) is 131 cm³/mol. The second-order valence-corrected chi connectivity index (χ2v) is 10.5. The van der Waals surface area contributed by atoms with Gasteiger partial charge in [-0.3, -0.25) is 14.7 Å². The summed E-state index contributed by atoms with van der Waals surface area (Å²) in [5.74, 6) is -1.15. The lowest BCUT2D eigenvalue weighted by Crippen LogP contribution is -2.36. The van der Waals surface area contributed by atoms with E-state index in [4.69, 9.17) is 4.74 Å². The Bertz CT molecular complexity index is 1180. The van der Waals surface area contributed by atoms with Gasteiger partial charge in [0.2, 0.25) is 11.8 Å². The van der Waals surface area contributed by atoms with Gasteiger partial charge in [0.05, 0.1) is 5.92 Å². The monoisotopic (exact) mass is 497 g/mol. The number of nitrogens with zero attached hydrogens (tertiary/aromatic N) is 2. The number of ether oxygens (including phenoxy) is 1. The molecule has 1 aromatic carbocycles. The van der Waals surface area contributed by atoms with E-state index in [-0.39, 0.29) is 41.0 Å². The number of amides is 3. The van der Waals surface area contributed by atoms with Gasteiger partial charge in [0.25, 0.3) is 0 Å². The summed E-state index contributed by atoms with van der Waals surface area (Å²) < 4.78 is 20.4. The number of aromatic amines is 1. The average molecular weight is 498 g/mol. The number of halogens is 1. The van der Waals surface area contributed by atoms with Crippen molar-refractivity contribution in [2.45, 2.75) is 82.3 Å². The molecule has 2 aliphatic carbocycles. The summed E-state index contributed by atoms with van der Waals surface area (Å²) in [6.45, 7) is 4.22. The number of alkyl carbamates (subject to hydrolysis) is 1. The summed E-state index contributed by atoms with van der Waals surface area (Å²) in [4.78, 5) is 38.4. The van der Waals surface area contributed by atoms with Crippen molar-refractivity contribution in [3.05, 3.63) is 41.3 Å². The third-order valence-corrected chi connectivity index (χ3v) is 7.58. The molecule has 1 saturated heterocycles. The highest BCUT2D eigenvalue weighted by atomic mass is 19.1. The zero-order valence-electron chi connectivity index (χ0n) is 20.6. The van der Waals surface area contributed by atoms with Gasteiger partial charge in [-0.05, 0) is 64.5 Å². The van der Waals surface area contributed by atoms with Gasteiger partial charge in [-0.1, -0.05) is 6.07 Å². The van der Waals surface area contributed by atoms with Crippen LogP contribution in [0.2, 0.25) is 0 Å². The number of aromatic nitrogens is 2. The molecule has 3 unspecified atom stereocenters. The van der Waals surface area contributed by atoms with Crippen molar-refractivity contribution in [1.29, 1.82) is 0 Å². The lowest BCUT2D eigenvalue weighted by molar-refractivity contribution is -0.118. The van der Waals surface area contributed by atoms with Gasteiger partial charge in [-0.15, -0.1) is 0 Å². The highest BCUT2D eigenvalue weighted by molar-refractivity contribution is 5.96. The van der Waals surface area contributed by atoms with E-state index in [0.29, 0.717) is 30.9 Å². The highest BCUT2D eigenvalue weighted by Gasteiger charge is 2.40. The summed E-state index contributed by atoms with van der Waals surface area (Å²) in [5, 5.41) is 12.8. The van der Waals surface area contributed by atoms with Crippen molar-refractivity contribution >= 4 is 29.4 Å². The topological polar surface area (TPSA) is 116 Å². The molecular weight excluding hydrogens is 465 g/mol. The summed E-state index contributed by atoms with van der Waals surface area (Å²) in [7, 11) is 0. The van der Waals surface area contributed by atoms with Crippen LogP contribution in [0.3, 0.4) is 0 Å². The van der Waals surface area contributed by atoms with Crippen LogP contribution in [0.4, 0.5) is 20.7 Å². The Morgan fingerprint density at radius 3 is 2.78 bits per heavy atom. The first-order chi connectivity index (χ1) is 17.2. The van der Waals surface area contributed by atoms with Crippen LogP contribution in [0.25, 0.3) is 0 Å². The molecule has 192 valence electrons. The first kappa shape index (κ1) is 24.3. The number of carbonyl (C=O) groups excluding carboxylic acids is 3. The molecule has 2 aromatic rings. The van der Waals surface area contributed by atoms with Crippen molar-refractivity contribution in [3.63, 3.8) is 0 Å². The molecule has 2 saturated carbocycles. The normalized spacial score (nSPS) is 23.4. The van der Waals surface area contributed by atoms with E-state index in [9.17, 15) is 18.8 Å². The minimum Gasteiger partial charge on any atom is -0.446 e. The maximum atomic E-state index is 14.8. The molecule has 1 aliphatic heterocycles. The lowest BCUT2D eigenvalue weighted by atomic mass is 9.99. The molecule has 3 fully saturated rings. The van der Waals surface area contributed by atoms with E-state index in [0.717, 1.165) is 37.8 Å². The smallest absolute Gasteiger partial charge is 0.407 e. The molecule has 3 aliphatic rings. The van der Waals surface area contributed by atoms with Crippen molar-refractivity contribution < 1.29 is 23.5 Å². The van der Waals surface area contributed by atoms with Crippen LogP contribution in [0.15, 0.2) is 24.3 Å². The highest BCUT2D eigenvalue weighted by Crippen LogP contribution is 2.37. The maximum Gasteiger partial charge on any atom is 0.407 e. The Hall–Kier alpha value is -3.43. The molecule has 10 heteroatoms. The molecule has 0 radical (unpaired) electrons. The summed E-state index contributed by atoms with van der Waals surface area (Å²) in [5.41, 5.74) is 1.53. The molecule has 0 spiro atoms. The van der Waals surface area contributed by atoms with Crippen LogP contribution in [0.1, 0.15) is 81.9 Å². The SMILES string of the molecule is CC(C(=O)Nc1cc(C2CCC(OC(=O)NC3(C)CC3)C2)[nH]n1)c1ccc(N2CCCC2=O)cc1F. The molecule has 3 atom stereocenters. The van der Waals surface area contributed by atoms with Crippen molar-refractivity contribution in [2.24, 2.45) is 0 Å². The quantitative estimate of drug-likeness (QED) is 0.526. The molecule has 36 heavy (non-hydrogen) atoms. The van der Waals surface area contributed by atoms with E-state index in [1.807, 2.05) is 6.92 Å². The zero-order valence-corrected chi connectivity index (χ0v) is 20.6. The van der Waals surface area contributed by atoms with E-state index >= 15 is 0 Å². The number of nitrogens with one attached hydrogen (secondary N) is 3. The minimum atomic E-state index is -0.746. The van der Waals surface area contributed by atoms with E-state index in [1.54, 1.807) is 30.0 Å². The molecule has 3 N–H and O–H groups in total. The molecule has 2 heterocycles. The number of anilines is 2. The van der Waals surface area contributed by atoms with Crippen LogP contribution in [-0.2, 0) is 14.3 Å². The Balaban J connectivity index is 1.15. The first-order valence-corrected chi connectivity index (χ1v) is 12.7. The maximum absolute atomic E-state index is 14.8. The number of carbonyl (C=O) groups is 3. The van der Waals surface area contributed by atoms with Crippen LogP contribution < -0.4 is 15.5 Å². The Morgan fingerprint density at radius 2 is 2.08 bits per heavy atom. The fourth-order valence-electron chi connectivity index (χ4n) is 5.01. The Labute approximate surface area is 209 Å². The fraction of sp³-hybridized carbons (Fsp3) is 0.538. The first-order valence-electron chi connectivity index (χ1n) is 12.7. The molecular formula is C26H32FN5O4. The van der Waals surface area contributed by atoms with Gasteiger partial charge in [-0.25, -0.2) is 9.18 Å². The number of benzene rings is 1. The largest absolute Gasteiger partial charge is 0.446 e. The van der Waals surface area contributed by atoms with Crippen LogP contribution >= 0.6 is 0 Å². The average Bonchev–Trinajstić information content (AvgIpc) is 3.25.